The Kier molecular flexibility index (Phi) is 4.45. The van der Waals surface area contributed by atoms with Gasteiger partial charge in [0.1, 0.15) is 25.3 Å². The number of aryl methyl sites for hydroxylation is 1. The van der Waals surface area contributed by atoms with E-state index in [1.165, 1.54) is 0 Å². The van der Waals surface area contributed by atoms with E-state index in [1.807, 2.05) is 31.2 Å². The molecule has 0 fully saturated rings. The highest BCUT2D eigenvalue weighted by Gasteiger charge is 2.17. The van der Waals surface area contributed by atoms with E-state index in [4.69, 9.17) is 9.47 Å². The molecule has 0 atom stereocenters. The Morgan fingerprint density at radius 3 is 2.59 bits per heavy atom. The van der Waals surface area contributed by atoms with E-state index in [1.54, 1.807) is 12.1 Å². The molecule has 0 aliphatic carbocycles. The van der Waals surface area contributed by atoms with Crippen LogP contribution in [0.4, 0.5) is 0 Å². The summed E-state index contributed by atoms with van der Waals surface area (Å²) in [6, 6.07) is 11.1. The van der Waals surface area contributed by atoms with Gasteiger partial charge in [0.15, 0.2) is 11.5 Å². The lowest BCUT2D eigenvalue weighted by Gasteiger charge is -2.18. The number of aromatic nitrogens is 3. The third kappa shape index (κ3) is 3.59. The fraction of sp³-hybridized carbons (Fsp3) is 0.263. The Morgan fingerprint density at radius 1 is 1.15 bits per heavy atom. The molecule has 2 aromatic carbocycles. The third-order valence-corrected chi connectivity index (χ3v) is 4.29. The number of ether oxygens (including phenoxy) is 2. The van der Waals surface area contributed by atoms with Crippen molar-refractivity contribution in [1.29, 1.82) is 0 Å². The maximum atomic E-state index is 12.6. The van der Waals surface area contributed by atoms with E-state index in [0.717, 1.165) is 15.8 Å². The van der Waals surface area contributed by atoms with Gasteiger partial charge in [0, 0.05) is 12.6 Å². The lowest BCUT2D eigenvalue weighted by atomic mass is 10.1. The van der Waals surface area contributed by atoms with Crippen molar-refractivity contribution in [2.45, 2.75) is 20.0 Å². The number of fused-ring (bicyclic) bond motifs is 2. The van der Waals surface area contributed by atoms with Crippen molar-refractivity contribution >= 4 is 16.8 Å². The molecule has 0 unspecified atom stereocenters. The van der Waals surface area contributed by atoms with Gasteiger partial charge in [-0.25, -0.2) is 4.68 Å². The largest absolute Gasteiger partial charge is 0.486 e. The number of amides is 1. The molecule has 1 aliphatic rings. The third-order valence-electron chi connectivity index (χ3n) is 4.29. The summed E-state index contributed by atoms with van der Waals surface area (Å²) in [6.07, 6.45) is 0. The first-order valence-electron chi connectivity index (χ1n) is 8.59. The predicted octanol–water partition coefficient (Wildman–Crippen LogP) is 1.19. The number of nitrogens with one attached hydrogen (secondary N) is 1. The van der Waals surface area contributed by atoms with Crippen LogP contribution in [0, 0.1) is 6.92 Å². The number of rotatable bonds is 4. The summed E-state index contributed by atoms with van der Waals surface area (Å²) >= 11 is 0. The van der Waals surface area contributed by atoms with Gasteiger partial charge in [0.2, 0.25) is 5.91 Å². The molecular formula is C19H18N4O4. The molecular weight excluding hydrogens is 348 g/mol. The molecule has 1 amide bonds. The van der Waals surface area contributed by atoms with Crippen molar-refractivity contribution in [3.05, 3.63) is 57.9 Å². The Balaban J connectivity index is 1.51. The first kappa shape index (κ1) is 17.0. The van der Waals surface area contributed by atoms with Crippen molar-refractivity contribution in [3.63, 3.8) is 0 Å². The molecule has 1 aromatic heterocycles. The van der Waals surface area contributed by atoms with E-state index < -0.39 is 5.56 Å². The van der Waals surface area contributed by atoms with E-state index >= 15 is 0 Å². The highest BCUT2D eigenvalue weighted by atomic mass is 16.6. The minimum atomic E-state index is -0.401. The number of hydrogen-bond acceptors (Lipinski definition) is 6. The number of nitrogens with zero attached hydrogens (tertiary/aromatic N) is 3. The number of hydrogen-bond donors (Lipinski definition) is 1. The van der Waals surface area contributed by atoms with Crippen molar-refractivity contribution in [2.24, 2.45) is 0 Å². The molecule has 8 heteroatoms. The van der Waals surface area contributed by atoms with Crippen LogP contribution in [0.2, 0.25) is 0 Å². The number of carbonyl (C=O) groups is 1. The Hall–Kier alpha value is -3.42. The molecule has 138 valence electrons. The topological polar surface area (TPSA) is 95.3 Å². The molecule has 2 heterocycles. The van der Waals surface area contributed by atoms with Gasteiger partial charge in [-0.05, 0) is 18.6 Å². The van der Waals surface area contributed by atoms with E-state index in [9.17, 15) is 9.59 Å². The van der Waals surface area contributed by atoms with Crippen molar-refractivity contribution in [2.75, 3.05) is 13.2 Å². The van der Waals surface area contributed by atoms with Gasteiger partial charge in [-0.3, -0.25) is 9.59 Å². The van der Waals surface area contributed by atoms with Crippen LogP contribution in [0.1, 0.15) is 11.1 Å². The lowest BCUT2D eigenvalue weighted by molar-refractivity contribution is -0.122. The first-order valence-corrected chi connectivity index (χ1v) is 8.59. The Morgan fingerprint density at radius 2 is 1.85 bits per heavy atom. The maximum absolute atomic E-state index is 12.6. The summed E-state index contributed by atoms with van der Waals surface area (Å²) in [5.41, 5.74) is 2.14. The fourth-order valence-electron chi connectivity index (χ4n) is 2.82. The molecule has 0 spiro atoms. The average molecular weight is 366 g/mol. The molecule has 27 heavy (non-hydrogen) atoms. The van der Waals surface area contributed by atoms with Crippen LogP contribution in [0.5, 0.6) is 11.5 Å². The zero-order valence-corrected chi connectivity index (χ0v) is 14.8. The molecule has 8 nitrogen and oxygen atoms in total. The Labute approximate surface area is 154 Å². The van der Waals surface area contributed by atoms with Crippen LogP contribution in [0.25, 0.3) is 10.9 Å². The van der Waals surface area contributed by atoms with Gasteiger partial charge in [0.05, 0.1) is 5.39 Å². The van der Waals surface area contributed by atoms with Gasteiger partial charge in [-0.1, -0.05) is 35.0 Å². The monoisotopic (exact) mass is 366 g/mol. The van der Waals surface area contributed by atoms with Crippen LogP contribution in [0.3, 0.4) is 0 Å². The van der Waals surface area contributed by atoms with E-state index in [2.05, 4.69) is 15.6 Å². The average Bonchev–Trinajstić information content (AvgIpc) is 2.69. The van der Waals surface area contributed by atoms with Crippen LogP contribution < -0.4 is 20.3 Å². The fourth-order valence-corrected chi connectivity index (χ4v) is 2.82. The zero-order chi connectivity index (χ0) is 18.8. The first-order chi connectivity index (χ1) is 13.1. The molecule has 4 rings (SSSR count). The summed E-state index contributed by atoms with van der Waals surface area (Å²) in [5.74, 6) is 0.717. The zero-order valence-electron chi connectivity index (χ0n) is 14.8. The van der Waals surface area contributed by atoms with Crippen LogP contribution in [-0.2, 0) is 17.9 Å². The minimum absolute atomic E-state index is 0.206. The summed E-state index contributed by atoms with van der Waals surface area (Å²) in [6.45, 7) is 3.05. The number of carbonyl (C=O) groups excluding carboxylic acids is 1. The smallest absolute Gasteiger partial charge is 0.278 e. The van der Waals surface area contributed by atoms with Gasteiger partial charge in [-0.15, -0.1) is 5.10 Å². The summed E-state index contributed by atoms with van der Waals surface area (Å²) in [7, 11) is 0. The highest BCUT2D eigenvalue weighted by Crippen LogP contribution is 2.32. The van der Waals surface area contributed by atoms with Crippen LogP contribution in [-0.4, -0.2) is 34.1 Å². The molecule has 0 saturated carbocycles. The second-order valence-corrected chi connectivity index (χ2v) is 6.33. The Bertz CT molecular complexity index is 1060. The summed E-state index contributed by atoms with van der Waals surface area (Å²) in [5, 5.41) is 11.0. The molecule has 1 aliphatic heterocycles. The van der Waals surface area contributed by atoms with Gasteiger partial charge in [0.25, 0.3) is 5.56 Å². The van der Waals surface area contributed by atoms with Crippen LogP contribution >= 0.6 is 0 Å². The SMILES string of the molecule is Cc1ccc(CNC(=O)Cn2nnc3cc4c(cc3c2=O)OCCO4)cc1. The molecule has 0 radical (unpaired) electrons. The number of benzene rings is 2. The standard InChI is InChI=1S/C19H18N4O4/c1-12-2-4-13(5-3-12)10-20-18(24)11-23-19(25)14-8-16-17(27-7-6-26-16)9-15(14)21-22-23/h2-5,8-9H,6-7,10-11H2,1H3,(H,20,24). The van der Waals surface area contributed by atoms with Gasteiger partial charge in [-0.2, -0.15) is 0 Å². The lowest BCUT2D eigenvalue weighted by Crippen LogP contribution is -2.34. The summed E-state index contributed by atoms with van der Waals surface area (Å²) < 4.78 is 12.0. The molecule has 1 N–H and O–H groups in total. The van der Waals surface area contributed by atoms with Gasteiger partial charge >= 0.3 is 0 Å². The van der Waals surface area contributed by atoms with Crippen molar-refractivity contribution in [3.8, 4) is 11.5 Å². The highest BCUT2D eigenvalue weighted by molar-refractivity contribution is 5.82. The van der Waals surface area contributed by atoms with Crippen molar-refractivity contribution < 1.29 is 14.3 Å². The van der Waals surface area contributed by atoms with Crippen molar-refractivity contribution in [1.82, 2.24) is 20.3 Å². The van der Waals surface area contributed by atoms with E-state index in [0.29, 0.717) is 42.2 Å². The maximum Gasteiger partial charge on any atom is 0.278 e. The molecule has 0 bridgehead atoms. The second-order valence-electron chi connectivity index (χ2n) is 6.33. The molecule has 0 saturated heterocycles. The quantitative estimate of drug-likeness (QED) is 0.745. The van der Waals surface area contributed by atoms with E-state index in [-0.39, 0.29) is 12.5 Å². The molecule has 3 aromatic rings. The second kappa shape index (κ2) is 7.06. The predicted molar refractivity (Wildman–Crippen MR) is 97.8 cm³/mol. The van der Waals surface area contributed by atoms with Gasteiger partial charge < -0.3 is 14.8 Å². The summed E-state index contributed by atoms with van der Waals surface area (Å²) in [4.78, 5) is 24.8. The van der Waals surface area contributed by atoms with Crippen LogP contribution in [0.15, 0.2) is 41.2 Å². The minimum Gasteiger partial charge on any atom is -0.486 e. The normalized spacial score (nSPS) is 12.8.